The first kappa shape index (κ1) is 15.4. The molecule has 1 aliphatic heterocycles. The topological polar surface area (TPSA) is 66.8 Å². The summed E-state index contributed by atoms with van der Waals surface area (Å²) in [6, 6.07) is 3.40. The predicted molar refractivity (Wildman–Crippen MR) is 78.5 cm³/mol. The van der Waals surface area contributed by atoms with Gasteiger partial charge in [0.1, 0.15) is 5.60 Å². The highest BCUT2D eigenvalue weighted by Gasteiger charge is 2.27. The summed E-state index contributed by atoms with van der Waals surface area (Å²) in [5.74, 6) is -0.912. The van der Waals surface area contributed by atoms with Crippen LogP contribution in [0.1, 0.15) is 47.8 Å². The summed E-state index contributed by atoms with van der Waals surface area (Å²) in [5, 5.41) is 9.15. The Morgan fingerprint density at radius 2 is 1.95 bits per heavy atom. The van der Waals surface area contributed by atoms with Gasteiger partial charge in [-0.25, -0.2) is 9.59 Å². The van der Waals surface area contributed by atoms with Gasteiger partial charge in [0.25, 0.3) is 0 Å². The third-order valence-corrected chi connectivity index (χ3v) is 3.57. The van der Waals surface area contributed by atoms with Crippen molar-refractivity contribution in [1.29, 1.82) is 0 Å². The summed E-state index contributed by atoms with van der Waals surface area (Å²) in [7, 11) is 0. The zero-order valence-electron chi connectivity index (χ0n) is 12.9. The first-order valence-electron chi connectivity index (χ1n) is 7.01. The van der Waals surface area contributed by atoms with E-state index in [1.807, 2.05) is 27.7 Å². The largest absolute Gasteiger partial charge is 0.478 e. The molecule has 1 aromatic carbocycles. The van der Waals surface area contributed by atoms with Crippen LogP contribution in [-0.2, 0) is 17.7 Å². The number of carbonyl (C=O) groups excluding carboxylic acids is 1. The summed E-state index contributed by atoms with van der Waals surface area (Å²) in [6.45, 7) is 8.35. The third kappa shape index (κ3) is 3.35. The number of aromatic carboxylic acids is 1. The highest BCUT2D eigenvalue weighted by molar-refractivity contribution is 5.90. The Kier molecular flexibility index (Phi) is 3.94. The van der Waals surface area contributed by atoms with Crippen molar-refractivity contribution in [1.82, 2.24) is 4.90 Å². The highest BCUT2D eigenvalue weighted by Crippen LogP contribution is 2.26. The van der Waals surface area contributed by atoms with Crippen molar-refractivity contribution < 1.29 is 19.4 Å². The number of nitrogens with zero attached hydrogens (tertiary/aromatic N) is 1. The van der Waals surface area contributed by atoms with Gasteiger partial charge in [-0.3, -0.25) is 0 Å². The van der Waals surface area contributed by atoms with Crippen molar-refractivity contribution in [2.45, 2.75) is 46.3 Å². The van der Waals surface area contributed by atoms with E-state index in [9.17, 15) is 9.59 Å². The van der Waals surface area contributed by atoms with E-state index < -0.39 is 11.6 Å². The fraction of sp³-hybridized carbons (Fsp3) is 0.500. The zero-order chi connectivity index (χ0) is 15.8. The van der Waals surface area contributed by atoms with Crippen LogP contribution in [0, 0.1) is 6.92 Å². The minimum atomic E-state index is -0.912. The van der Waals surface area contributed by atoms with Crippen LogP contribution in [0.4, 0.5) is 4.79 Å². The summed E-state index contributed by atoms with van der Waals surface area (Å²) in [4.78, 5) is 24.9. The molecule has 0 spiro atoms. The molecule has 114 valence electrons. The van der Waals surface area contributed by atoms with E-state index >= 15 is 0 Å². The number of ether oxygens (including phenoxy) is 1. The second-order valence-electron chi connectivity index (χ2n) is 6.33. The number of rotatable bonds is 1. The summed E-state index contributed by atoms with van der Waals surface area (Å²) < 4.78 is 5.38. The first-order chi connectivity index (χ1) is 9.69. The summed E-state index contributed by atoms with van der Waals surface area (Å²) in [5.41, 5.74) is 2.65. The van der Waals surface area contributed by atoms with E-state index in [1.165, 1.54) is 0 Å². The minimum Gasteiger partial charge on any atom is -0.478 e. The van der Waals surface area contributed by atoms with Crippen LogP contribution >= 0.6 is 0 Å². The molecule has 5 nitrogen and oxygen atoms in total. The molecule has 0 fully saturated rings. The maximum Gasteiger partial charge on any atom is 0.410 e. The van der Waals surface area contributed by atoms with Gasteiger partial charge in [0.15, 0.2) is 0 Å². The van der Waals surface area contributed by atoms with Gasteiger partial charge < -0.3 is 14.7 Å². The smallest absolute Gasteiger partial charge is 0.410 e. The normalized spacial score (nSPS) is 14.6. The number of benzene rings is 1. The van der Waals surface area contributed by atoms with Crippen molar-refractivity contribution in [3.8, 4) is 0 Å². The molecule has 0 atom stereocenters. The molecule has 1 N–H and O–H groups in total. The molecule has 0 aliphatic carbocycles. The Morgan fingerprint density at radius 3 is 2.52 bits per heavy atom. The monoisotopic (exact) mass is 291 g/mol. The van der Waals surface area contributed by atoms with E-state index in [0.29, 0.717) is 25.1 Å². The Labute approximate surface area is 124 Å². The molecule has 1 amide bonds. The number of carboxylic acid groups (broad SMARTS) is 1. The molecule has 0 saturated heterocycles. The Balaban J connectivity index is 2.20. The van der Waals surface area contributed by atoms with Crippen LogP contribution in [-0.4, -0.2) is 34.2 Å². The van der Waals surface area contributed by atoms with E-state index in [-0.39, 0.29) is 6.09 Å². The molecule has 0 saturated carbocycles. The van der Waals surface area contributed by atoms with Crippen molar-refractivity contribution in [3.05, 3.63) is 34.4 Å². The second-order valence-corrected chi connectivity index (χ2v) is 6.33. The molecule has 0 unspecified atom stereocenters. The van der Waals surface area contributed by atoms with Gasteiger partial charge in [0.05, 0.1) is 5.56 Å². The third-order valence-electron chi connectivity index (χ3n) is 3.57. The summed E-state index contributed by atoms with van der Waals surface area (Å²) >= 11 is 0. The molecule has 0 radical (unpaired) electrons. The molecule has 1 heterocycles. The molecular weight excluding hydrogens is 270 g/mol. The number of fused-ring (bicyclic) bond motifs is 1. The van der Waals surface area contributed by atoms with E-state index in [2.05, 4.69) is 0 Å². The first-order valence-corrected chi connectivity index (χ1v) is 7.01. The number of hydrogen-bond acceptors (Lipinski definition) is 3. The Bertz CT molecular complexity index is 587. The van der Waals surface area contributed by atoms with Crippen molar-refractivity contribution in [2.24, 2.45) is 0 Å². The quantitative estimate of drug-likeness (QED) is 0.863. The van der Waals surface area contributed by atoms with E-state index in [1.54, 1.807) is 17.0 Å². The van der Waals surface area contributed by atoms with Crippen molar-refractivity contribution >= 4 is 12.1 Å². The van der Waals surface area contributed by atoms with E-state index in [4.69, 9.17) is 9.84 Å². The molecular formula is C16H21NO4. The number of hydrogen-bond donors (Lipinski definition) is 1. The maximum atomic E-state index is 12.1. The molecule has 0 aromatic heterocycles. The van der Waals surface area contributed by atoms with E-state index in [0.717, 1.165) is 16.7 Å². The average Bonchev–Trinajstić information content (AvgIpc) is 2.36. The van der Waals surface area contributed by atoms with Crippen LogP contribution in [0.25, 0.3) is 0 Å². The van der Waals surface area contributed by atoms with Gasteiger partial charge in [0.2, 0.25) is 0 Å². The van der Waals surface area contributed by atoms with Gasteiger partial charge in [-0.05, 0) is 56.9 Å². The lowest BCUT2D eigenvalue weighted by Gasteiger charge is -2.32. The lowest BCUT2D eigenvalue weighted by atomic mass is 9.92. The molecule has 0 bridgehead atoms. The van der Waals surface area contributed by atoms with Crippen LogP contribution in [0.15, 0.2) is 12.1 Å². The Morgan fingerprint density at radius 1 is 1.29 bits per heavy atom. The average molecular weight is 291 g/mol. The van der Waals surface area contributed by atoms with Crippen LogP contribution in [0.3, 0.4) is 0 Å². The van der Waals surface area contributed by atoms with Crippen LogP contribution in [0.5, 0.6) is 0 Å². The molecule has 2 rings (SSSR count). The molecule has 1 aromatic rings. The fourth-order valence-electron chi connectivity index (χ4n) is 2.55. The summed E-state index contributed by atoms with van der Waals surface area (Å²) in [6.07, 6.45) is 0.328. The van der Waals surface area contributed by atoms with Crippen LogP contribution < -0.4 is 0 Å². The second kappa shape index (κ2) is 5.39. The number of carbonyl (C=O) groups is 2. The predicted octanol–water partition coefficient (Wildman–Crippen LogP) is 2.99. The zero-order valence-corrected chi connectivity index (χ0v) is 12.9. The van der Waals surface area contributed by atoms with Gasteiger partial charge in [-0.2, -0.15) is 0 Å². The van der Waals surface area contributed by atoms with Gasteiger partial charge >= 0.3 is 12.1 Å². The SMILES string of the molecule is Cc1c(C(=O)O)ccc2c1CCN(C(=O)OC(C)(C)C)C2. The molecule has 21 heavy (non-hydrogen) atoms. The van der Waals surface area contributed by atoms with Crippen molar-refractivity contribution in [2.75, 3.05) is 6.54 Å². The standard InChI is InChI=1S/C16H21NO4/c1-10-12-7-8-17(15(20)21-16(2,3)4)9-11(12)5-6-13(10)14(18)19/h5-6H,7-9H2,1-4H3,(H,18,19). The minimum absolute atomic E-state index is 0.326. The lowest BCUT2D eigenvalue weighted by molar-refractivity contribution is 0.0223. The lowest BCUT2D eigenvalue weighted by Crippen LogP contribution is -2.40. The highest BCUT2D eigenvalue weighted by atomic mass is 16.6. The number of amides is 1. The fourth-order valence-corrected chi connectivity index (χ4v) is 2.55. The van der Waals surface area contributed by atoms with Gasteiger partial charge in [0, 0.05) is 13.1 Å². The Hall–Kier alpha value is -2.04. The van der Waals surface area contributed by atoms with Crippen molar-refractivity contribution in [3.63, 3.8) is 0 Å². The van der Waals surface area contributed by atoms with Gasteiger partial charge in [-0.15, -0.1) is 0 Å². The maximum absolute atomic E-state index is 12.1. The number of carboxylic acids is 1. The van der Waals surface area contributed by atoms with Crippen LogP contribution in [0.2, 0.25) is 0 Å². The molecule has 5 heteroatoms. The van der Waals surface area contributed by atoms with Gasteiger partial charge in [-0.1, -0.05) is 6.07 Å². The molecule has 1 aliphatic rings.